The minimum atomic E-state index is -0.247. The van der Waals surface area contributed by atoms with Gasteiger partial charge in [-0.2, -0.15) is 0 Å². The summed E-state index contributed by atoms with van der Waals surface area (Å²) in [6.45, 7) is 2.94. The molecule has 1 aliphatic rings. The number of nitrogens with zero attached hydrogens (tertiary/aromatic N) is 3. The summed E-state index contributed by atoms with van der Waals surface area (Å²) in [6.07, 6.45) is 0.977. The van der Waals surface area contributed by atoms with Crippen molar-refractivity contribution in [1.29, 1.82) is 0 Å². The van der Waals surface area contributed by atoms with Gasteiger partial charge in [0.15, 0.2) is 11.5 Å². The molecule has 0 bridgehead atoms. The van der Waals surface area contributed by atoms with E-state index >= 15 is 0 Å². The average Bonchev–Trinajstić information content (AvgIpc) is 2.96. The van der Waals surface area contributed by atoms with E-state index in [4.69, 9.17) is 0 Å². The third-order valence-electron chi connectivity index (χ3n) is 4.32. The Bertz CT molecular complexity index is 687. The Kier molecular flexibility index (Phi) is 4.23. The number of carbonyl (C=O) groups is 1. The van der Waals surface area contributed by atoms with Crippen molar-refractivity contribution in [3.8, 4) is 0 Å². The Morgan fingerprint density at radius 2 is 1.96 bits per heavy atom. The minimum Gasteiger partial charge on any atom is -0.354 e. The molecule has 1 fully saturated rings. The largest absolute Gasteiger partial charge is 0.354 e. The van der Waals surface area contributed by atoms with Crippen molar-refractivity contribution in [3.05, 3.63) is 53.5 Å². The molecule has 0 radical (unpaired) electrons. The van der Waals surface area contributed by atoms with Crippen molar-refractivity contribution in [1.82, 2.24) is 15.5 Å². The minimum absolute atomic E-state index is 0.215. The van der Waals surface area contributed by atoms with Gasteiger partial charge in [0.2, 0.25) is 0 Å². The van der Waals surface area contributed by atoms with Crippen molar-refractivity contribution in [3.63, 3.8) is 0 Å². The van der Waals surface area contributed by atoms with Crippen LogP contribution in [0.15, 0.2) is 36.4 Å². The summed E-state index contributed by atoms with van der Waals surface area (Å²) in [7, 11) is 1.56. The van der Waals surface area contributed by atoms with E-state index in [0.717, 1.165) is 24.3 Å². The van der Waals surface area contributed by atoms with E-state index in [1.54, 1.807) is 13.1 Å². The topological polar surface area (TPSA) is 58.1 Å². The molecule has 2 atom stereocenters. The van der Waals surface area contributed by atoms with Crippen LogP contribution in [0.3, 0.4) is 0 Å². The quantitative estimate of drug-likeness (QED) is 0.945. The number of carbonyl (C=O) groups excluding carboxylic acids is 1. The molecule has 3 rings (SSSR count). The summed E-state index contributed by atoms with van der Waals surface area (Å²) in [5.41, 5.74) is 1.44. The molecule has 0 aliphatic carbocycles. The van der Waals surface area contributed by atoms with Crippen LogP contribution < -0.4 is 10.2 Å². The van der Waals surface area contributed by atoms with Gasteiger partial charge in [-0.05, 0) is 43.2 Å². The fourth-order valence-electron chi connectivity index (χ4n) is 3.05. The maximum Gasteiger partial charge on any atom is 0.271 e. The summed E-state index contributed by atoms with van der Waals surface area (Å²) < 4.78 is 13.1. The number of amides is 1. The maximum absolute atomic E-state index is 13.1. The van der Waals surface area contributed by atoms with Crippen LogP contribution in [-0.4, -0.2) is 35.7 Å². The first-order valence-electron chi connectivity index (χ1n) is 7.66. The summed E-state index contributed by atoms with van der Waals surface area (Å²) in [5.74, 6) is 0.635. The zero-order valence-corrected chi connectivity index (χ0v) is 13.2. The second kappa shape index (κ2) is 6.32. The van der Waals surface area contributed by atoms with Gasteiger partial charge in [-0.1, -0.05) is 12.1 Å². The molecule has 23 heavy (non-hydrogen) atoms. The molecule has 1 aliphatic heterocycles. The standard InChI is InChI=1S/C17H19FN4O/c1-11-9-13(12-3-5-14(18)6-4-12)10-22(11)16-8-7-15(20-21-16)17(23)19-2/h3-8,11,13H,9-10H2,1-2H3,(H,19,23). The van der Waals surface area contributed by atoms with Crippen LogP contribution in [0.2, 0.25) is 0 Å². The monoisotopic (exact) mass is 314 g/mol. The molecule has 6 heteroatoms. The van der Waals surface area contributed by atoms with Gasteiger partial charge < -0.3 is 10.2 Å². The first kappa shape index (κ1) is 15.4. The first-order valence-corrected chi connectivity index (χ1v) is 7.66. The predicted molar refractivity (Wildman–Crippen MR) is 86.0 cm³/mol. The zero-order chi connectivity index (χ0) is 16.4. The third-order valence-corrected chi connectivity index (χ3v) is 4.32. The van der Waals surface area contributed by atoms with Gasteiger partial charge in [-0.3, -0.25) is 4.79 Å². The Morgan fingerprint density at radius 3 is 2.57 bits per heavy atom. The second-order valence-electron chi connectivity index (χ2n) is 5.84. The number of nitrogens with one attached hydrogen (secondary N) is 1. The third kappa shape index (κ3) is 3.16. The maximum atomic E-state index is 13.1. The SMILES string of the molecule is CNC(=O)c1ccc(N2CC(c3ccc(F)cc3)CC2C)nn1. The van der Waals surface area contributed by atoms with Gasteiger partial charge in [-0.25, -0.2) is 4.39 Å². The number of anilines is 1. The summed E-state index contributed by atoms with van der Waals surface area (Å²) >= 11 is 0. The van der Waals surface area contributed by atoms with E-state index < -0.39 is 0 Å². The normalized spacial score (nSPS) is 20.6. The molecule has 120 valence electrons. The second-order valence-corrected chi connectivity index (χ2v) is 5.84. The van der Waals surface area contributed by atoms with Gasteiger partial charge in [0, 0.05) is 25.6 Å². The highest BCUT2D eigenvalue weighted by molar-refractivity contribution is 5.91. The van der Waals surface area contributed by atoms with Gasteiger partial charge in [0.25, 0.3) is 5.91 Å². The Morgan fingerprint density at radius 1 is 1.22 bits per heavy atom. The molecule has 1 amide bonds. The number of hydrogen-bond donors (Lipinski definition) is 1. The Balaban J connectivity index is 1.76. The predicted octanol–water partition coefficient (Wildman–Crippen LogP) is 2.36. The fourth-order valence-corrected chi connectivity index (χ4v) is 3.05. The van der Waals surface area contributed by atoms with E-state index in [-0.39, 0.29) is 11.7 Å². The van der Waals surface area contributed by atoms with Gasteiger partial charge in [0.1, 0.15) is 5.82 Å². The number of hydrogen-bond acceptors (Lipinski definition) is 4. The molecule has 2 heterocycles. The van der Waals surface area contributed by atoms with E-state index in [0.29, 0.717) is 17.7 Å². The molecule has 1 saturated heterocycles. The number of benzene rings is 1. The van der Waals surface area contributed by atoms with Crippen LogP contribution in [0.1, 0.15) is 35.3 Å². The molecule has 5 nitrogen and oxygen atoms in total. The average molecular weight is 314 g/mol. The Labute approximate surface area is 134 Å². The molecule has 0 spiro atoms. The van der Waals surface area contributed by atoms with Crippen LogP contribution >= 0.6 is 0 Å². The summed E-state index contributed by atoms with van der Waals surface area (Å²) in [5, 5.41) is 10.7. The highest BCUT2D eigenvalue weighted by Crippen LogP contribution is 2.34. The Hall–Kier alpha value is -2.50. The van der Waals surface area contributed by atoms with E-state index in [2.05, 4.69) is 27.3 Å². The van der Waals surface area contributed by atoms with Gasteiger partial charge in [0.05, 0.1) is 0 Å². The molecule has 1 aromatic heterocycles. The molecule has 2 unspecified atom stereocenters. The van der Waals surface area contributed by atoms with Crippen molar-refractivity contribution in [2.75, 3.05) is 18.5 Å². The van der Waals surface area contributed by atoms with Crippen LogP contribution in [0, 0.1) is 5.82 Å². The van der Waals surface area contributed by atoms with E-state index in [1.807, 2.05) is 18.2 Å². The van der Waals surface area contributed by atoms with Crippen molar-refractivity contribution in [2.24, 2.45) is 0 Å². The molecular formula is C17H19FN4O. The lowest BCUT2D eigenvalue weighted by Gasteiger charge is -2.22. The fraction of sp³-hybridized carbons (Fsp3) is 0.353. The summed E-state index contributed by atoms with van der Waals surface area (Å²) in [6, 6.07) is 10.5. The van der Waals surface area contributed by atoms with E-state index in [9.17, 15) is 9.18 Å². The lowest BCUT2D eigenvalue weighted by atomic mass is 9.97. The van der Waals surface area contributed by atoms with Crippen LogP contribution in [0.5, 0.6) is 0 Å². The lowest BCUT2D eigenvalue weighted by molar-refractivity contribution is 0.0957. The first-order chi connectivity index (χ1) is 11.1. The van der Waals surface area contributed by atoms with Gasteiger partial charge >= 0.3 is 0 Å². The van der Waals surface area contributed by atoms with Crippen molar-refractivity contribution >= 4 is 11.7 Å². The highest BCUT2D eigenvalue weighted by Gasteiger charge is 2.31. The highest BCUT2D eigenvalue weighted by atomic mass is 19.1. The van der Waals surface area contributed by atoms with Crippen molar-refractivity contribution in [2.45, 2.75) is 25.3 Å². The zero-order valence-electron chi connectivity index (χ0n) is 13.2. The molecule has 1 N–H and O–H groups in total. The smallest absolute Gasteiger partial charge is 0.271 e. The number of rotatable bonds is 3. The van der Waals surface area contributed by atoms with E-state index in [1.165, 1.54) is 12.1 Å². The number of aromatic nitrogens is 2. The lowest BCUT2D eigenvalue weighted by Crippen LogP contribution is -2.28. The molecule has 1 aromatic carbocycles. The number of halogens is 1. The van der Waals surface area contributed by atoms with Crippen LogP contribution in [-0.2, 0) is 0 Å². The molecular weight excluding hydrogens is 295 g/mol. The molecule has 2 aromatic rings. The van der Waals surface area contributed by atoms with Crippen LogP contribution in [0.25, 0.3) is 0 Å². The summed E-state index contributed by atoms with van der Waals surface area (Å²) in [4.78, 5) is 13.7. The van der Waals surface area contributed by atoms with Crippen LogP contribution in [0.4, 0.5) is 10.2 Å². The van der Waals surface area contributed by atoms with Crippen molar-refractivity contribution < 1.29 is 9.18 Å². The molecule has 0 saturated carbocycles. The van der Waals surface area contributed by atoms with Gasteiger partial charge in [-0.15, -0.1) is 10.2 Å².